The minimum atomic E-state index is -0.731. The molecule has 0 aliphatic carbocycles. The molecule has 0 spiro atoms. The molecule has 0 unspecified atom stereocenters. The summed E-state index contributed by atoms with van der Waals surface area (Å²) in [6, 6.07) is 9.92. The summed E-state index contributed by atoms with van der Waals surface area (Å²) in [6.07, 6.45) is 1.24. The maximum Gasteiger partial charge on any atom is 0.274 e. The zero-order valence-electron chi connectivity index (χ0n) is 15.0. The first-order valence-electron chi connectivity index (χ1n) is 8.32. The van der Waals surface area contributed by atoms with Crippen molar-refractivity contribution < 1.29 is 18.8 Å². The summed E-state index contributed by atoms with van der Waals surface area (Å²) in [5, 5.41) is 7.76. The van der Waals surface area contributed by atoms with Gasteiger partial charge in [-0.15, -0.1) is 0 Å². The molecule has 148 valence electrons. The number of aromatic nitrogens is 2. The van der Waals surface area contributed by atoms with E-state index in [0.29, 0.717) is 11.4 Å². The lowest BCUT2D eigenvalue weighted by Gasteiger charge is -2.09. The zero-order valence-corrected chi connectivity index (χ0v) is 15.8. The molecule has 0 radical (unpaired) electrons. The van der Waals surface area contributed by atoms with E-state index in [-0.39, 0.29) is 22.0 Å². The van der Waals surface area contributed by atoms with E-state index in [9.17, 15) is 18.8 Å². The van der Waals surface area contributed by atoms with Gasteiger partial charge in [0.25, 0.3) is 17.7 Å². The lowest BCUT2D eigenvalue weighted by Crippen LogP contribution is -2.23. The fraction of sp³-hybridized carbons (Fsp3) is 0.0526. The van der Waals surface area contributed by atoms with E-state index >= 15 is 0 Å². The molecule has 3 amide bonds. The number of amides is 3. The van der Waals surface area contributed by atoms with Gasteiger partial charge in [0.2, 0.25) is 0 Å². The Kier molecular flexibility index (Phi) is 5.89. The van der Waals surface area contributed by atoms with Crippen molar-refractivity contribution in [2.24, 2.45) is 0 Å². The monoisotopic (exact) mass is 415 g/mol. The number of carbonyl (C=O) groups excluding carboxylic acids is 3. The average Bonchev–Trinajstić information content (AvgIpc) is 3.19. The van der Waals surface area contributed by atoms with E-state index in [1.165, 1.54) is 37.6 Å². The van der Waals surface area contributed by atoms with Gasteiger partial charge in [0.05, 0.1) is 11.9 Å². The van der Waals surface area contributed by atoms with Crippen molar-refractivity contribution in [3.8, 4) is 0 Å². The quantitative estimate of drug-likeness (QED) is 0.512. The number of nitrogens with one attached hydrogen (secondary N) is 4. The maximum atomic E-state index is 13.8. The van der Waals surface area contributed by atoms with E-state index in [0.717, 1.165) is 6.07 Å². The van der Waals surface area contributed by atoms with Crippen LogP contribution in [0, 0.1) is 5.82 Å². The third-order valence-electron chi connectivity index (χ3n) is 3.88. The number of nitrogens with zero attached hydrogens (tertiary/aromatic N) is 1. The predicted molar refractivity (Wildman–Crippen MR) is 106 cm³/mol. The van der Waals surface area contributed by atoms with Crippen LogP contribution >= 0.6 is 11.6 Å². The van der Waals surface area contributed by atoms with Gasteiger partial charge < -0.3 is 20.9 Å². The van der Waals surface area contributed by atoms with Crippen LogP contribution in [0.25, 0.3) is 0 Å². The summed E-state index contributed by atoms with van der Waals surface area (Å²) in [5.74, 6) is -2.42. The number of benzene rings is 2. The van der Waals surface area contributed by atoms with E-state index < -0.39 is 23.5 Å². The van der Waals surface area contributed by atoms with Crippen LogP contribution in [0.4, 0.5) is 15.8 Å². The number of imidazole rings is 1. The highest BCUT2D eigenvalue weighted by atomic mass is 35.5. The molecule has 3 aromatic rings. The molecule has 10 heteroatoms. The molecule has 0 aliphatic heterocycles. The third-order valence-corrected chi connectivity index (χ3v) is 4.12. The van der Waals surface area contributed by atoms with Crippen molar-refractivity contribution in [2.45, 2.75) is 0 Å². The van der Waals surface area contributed by atoms with Gasteiger partial charge in [0.1, 0.15) is 11.5 Å². The van der Waals surface area contributed by atoms with Gasteiger partial charge in [-0.2, -0.15) is 0 Å². The first-order chi connectivity index (χ1) is 13.9. The Morgan fingerprint density at radius 3 is 2.17 bits per heavy atom. The summed E-state index contributed by atoms with van der Waals surface area (Å²) in [6.45, 7) is 0. The molecule has 8 nitrogen and oxygen atoms in total. The number of halogens is 2. The average molecular weight is 416 g/mol. The highest BCUT2D eigenvalue weighted by Crippen LogP contribution is 2.18. The van der Waals surface area contributed by atoms with Crippen LogP contribution in [0.15, 0.2) is 48.8 Å². The van der Waals surface area contributed by atoms with Gasteiger partial charge in [-0.05, 0) is 42.5 Å². The number of rotatable bonds is 5. The van der Waals surface area contributed by atoms with Crippen LogP contribution in [0.3, 0.4) is 0 Å². The second-order valence-electron chi connectivity index (χ2n) is 5.82. The number of H-pyrrole nitrogens is 1. The van der Waals surface area contributed by atoms with Crippen molar-refractivity contribution in [2.75, 3.05) is 17.7 Å². The van der Waals surface area contributed by atoms with Crippen molar-refractivity contribution in [3.63, 3.8) is 0 Å². The summed E-state index contributed by atoms with van der Waals surface area (Å²) < 4.78 is 13.8. The molecule has 0 saturated heterocycles. The van der Waals surface area contributed by atoms with Gasteiger partial charge in [-0.1, -0.05) is 11.6 Å². The summed E-state index contributed by atoms with van der Waals surface area (Å²) in [4.78, 5) is 42.7. The minimum absolute atomic E-state index is 0.0138. The molecule has 1 aromatic heterocycles. The second-order valence-corrected chi connectivity index (χ2v) is 6.25. The van der Waals surface area contributed by atoms with Crippen molar-refractivity contribution >= 4 is 40.7 Å². The summed E-state index contributed by atoms with van der Waals surface area (Å²) in [5.41, 5.74) is 0.657. The lowest BCUT2D eigenvalue weighted by atomic mass is 10.2. The molecule has 4 N–H and O–H groups in total. The fourth-order valence-corrected chi connectivity index (χ4v) is 2.62. The molecule has 0 atom stereocenters. The normalized spacial score (nSPS) is 10.3. The topological polar surface area (TPSA) is 116 Å². The molecule has 0 aliphatic rings. The SMILES string of the molecule is CNC(=O)c1nc[nH]c1C(=O)Nc1ccc(NC(=O)c2ccc(Cl)cc2F)cc1. The van der Waals surface area contributed by atoms with Crippen LogP contribution in [0.1, 0.15) is 31.3 Å². The molecular formula is C19H15ClFN5O3. The predicted octanol–water partition coefficient (Wildman–Crippen LogP) is 3.07. The fourth-order valence-electron chi connectivity index (χ4n) is 2.46. The Bertz CT molecular complexity index is 1080. The van der Waals surface area contributed by atoms with E-state index in [1.807, 2.05) is 0 Å². The minimum Gasteiger partial charge on any atom is -0.354 e. The highest BCUT2D eigenvalue weighted by Gasteiger charge is 2.19. The van der Waals surface area contributed by atoms with Gasteiger partial charge in [0, 0.05) is 23.4 Å². The summed E-state index contributed by atoms with van der Waals surface area (Å²) in [7, 11) is 1.43. The third kappa shape index (κ3) is 4.58. The molecule has 1 heterocycles. The van der Waals surface area contributed by atoms with Crippen molar-refractivity contribution in [1.29, 1.82) is 0 Å². The Morgan fingerprint density at radius 2 is 1.59 bits per heavy atom. The molecular weight excluding hydrogens is 401 g/mol. The van der Waals surface area contributed by atoms with E-state index in [1.54, 1.807) is 12.1 Å². The van der Waals surface area contributed by atoms with E-state index in [4.69, 9.17) is 11.6 Å². The largest absolute Gasteiger partial charge is 0.354 e. The zero-order chi connectivity index (χ0) is 21.0. The van der Waals surface area contributed by atoms with Crippen LogP contribution in [0.5, 0.6) is 0 Å². The van der Waals surface area contributed by atoms with Crippen LogP contribution < -0.4 is 16.0 Å². The van der Waals surface area contributed by atoms with Crippen LogP contribution in [-0.2, 0) is 0 Å². The summed E-state index contributed by atoms with van der Waals surface area (Å²) >= 11 is 5.68. The van der Waals surface area contributed by atoms with Gasteiger partial charge in [-0.3, -0.25) is 14.4 Å². The molecule has 3 rings (SSSR count). The number of hydrogen-bond acceptors (Lipinski definition) is 4. The number of anilines is 2. The van der Waals surface area contributed by atoms with Gasteiger partial charge >= 0.3 is 0 Å². The Hall–Kier alpha value is -3.72. The van der Waals surface area contributed by atoms with Gasteiger partial charge in [-0.25, -0.2) is 9.37 Å². The van der Waals surface area contributed by atoms with Crippen LogP contribution in [0.2, 0.25) is 5.02 Å². The first kappa shape index (κ1) is 20.0. The first-order valence-corrected chi connectivity index (χ1v) is 8.70. The van der Waals surface area contributed by atoms with Crippen molar-refractivity contribution in [1.82, 2.24) is 15.3 Å². The molecule has 0 fully saturated rings. The number of aromatic amines is 1. The Morgan fingerprint density at radius 1 is 0.966 bits per heavy atom. The number of hydrogen-bond donors (Lipinski definition) is 4. The number of carbonyl (C=O) groups is 3. The molecule has 0 saturated carbocycles. The van der Waals surface area contributed by atoms with Crippen LogP contribution in [-0.4, -0.2) is 34.7 Å². The second kappa shape index (κ2) is 8.53. The van der Waals surface area contributed by atoms with E-state index in [2.05, 4.69) is 25.9 Å². The van der Waals surface area contributed by atoms with Gasteiger partial charge in [0.15, 0.2) is 5.69 Å². The molecule has 29 heavy (non-hydrogen) atoms. The molecule has 2 aromatic carbocycles. The standard InChI is InChI=1S/C19H15ClFN5O3/c1-22-18(28)15-16(24-9-23-15)19(29)26-12-5-3-11(4-6-12)25-17(27)13-7-2-10(20)8-14(13)21/h2-9H,1H3,(H,22,28)(H,23,24)(H,25,27)(H,26,29). The highest BCUT2D eigenvalue weighted by molar-refractivity contribution is 6.30. The smallest absolute Gasteiger partial charge is 0.274 e. The maximum absolute atomic E-state index is 13.8. The van der Waals surface area contributed by atoms with Crippen molar-refractivity contribution in [3.05, 3.63) is 76.6 Å². The molecule has 0 bridgehead atoms. The Balaban J connectivity index is 1.67. The lowest BCUT2D eigenvalue weighted by molar-refractivity contribution is 0.0943. The Labute approximate surface area is 169 Å².